The lowest BCUT2D eigenvalue weighted by atomic mass is 9.99. The number of aromatic nitrogens is 1. The van der Waals surface area contributed by atoms with Gasteiger partial charge in [0.25, 0.3) is 0 Å². The van der Waals surface area contributed by atoms with Crippen LogP contribution in [0.4, 0.5) is 0 Å². The summed E-state index contributed by atoms with van der Waals surface area (Å²) in [5.74, 6) is 1.34. The van der Waals surface area contributed by atoms with Crippen LogP contribution in [-0.2, 0) is 6.54 Å². The maximum absolute atomic E-state index is 3.37. The van der Waals surface area contributed by atoms with Crippen molar-refractivity contribution in [1.29, 1.82) is 0 Å². The Labute approximate surface area is 93.7 Å². The zero-order valence-corrected chi connectivity index (χ0v) is 10.6. The lowest BCUT2D eigenvalue weighted by Crippen LogP contribution is -2.21. The molecule has 0 bridgehead atoms. The smallest absolute Gasteiger partial charge is 0.0355 e. The van der Waals surface area contributed by atoms with Gasteiger partial charge in [0, 0.05) is 25.0 Å². The summed E-state index contributed by atoms with van der Waals surface area (Å²) in [5, 5.41) is 3.37. The fourth-order valence-electron chi connectivity index (χ4n) is 2.06. The summed E-state index contributed by atoms with van der Waals surface area (Å²) in [6, 6.07) is 2.70. The molecule has 1 heterocycles. The molecule has 15 heavy (non-hydrogen) atoms. The number of nitrogens with zero attached hydrogens (tertiary/aromatic N) is 1. The van der Waals surface area contributed by atoms with E-state index in [-0.39, 0.29) is 0 Å². The minimum Gasteiger partial charge on any atom is -0.354 e. The second kappa shape index (κ2) is 5.36. The maximum Gasteiger partial charge on any atom is 0.0355 e. The van der Waals surface area contributed by atoms with E-state index < -0.39 is 0 Å². The first-order valence-electron chi connectivity index (χ1n) is 5.87. The molecule has 0 spiro atoms. The van der Waals surface area contributed by atoms with Crippen molar-refractivity contribution in [2.45, 2.75) is 40.3 Å². The second-order valence-corrected chi connectivity index (χ2v) is 5.05. The largest absolute Gasteiger partial charge is 0.354 e. The van der Waals surface area contributed by atoms with Crippen LogP contribution in [-0.4, -0.2) is 11.6 Å². The van der Waals surface area contributed by atoms with Crippen molar-refractivity contribution in [2.75, 3.05) is 7.05 Å². The van der Waals surface area contributed by atoms with E-state index >= 15 is 0 Å². The van der Waals surface area contributed by atoms with E-state index in [4.69, 9.17) is 0 Å². The third-order valence-corrected chi connectivity index (χ3v) is 2.69. The van der Waals surface area contributed by atoms with E-state index in [1.807, 2.05) is 7.05 Å². The highest BCUT2D eigenvalue weighted by molar-refractivity contribution is 5.16. The average molecular weight is 208 g/mol. The molecule has 0 aliphatic rings. The van der Waals surface area contributed by atoms with Crippen LogP contribution in [0.15, 0.2) is 18.5 Å². The van der Waals surface area contributed by atoms with Crippen molar-refractivity contribution in [3.63, 3.8) is 0 Å². The predicted molar refractivity (Wildman–Crippen MR) is 65.9 cm³/mol. The first-order valence-corrected chi connectivity index (χ1v) is 5.87. The van der Waals surface area contributed by atoms with Crippen LogP contribution in [0.25, 0.3) is 0 Å². The van der Waals surface area contributed by atoms with Crippen molar-refractivity contribution in [2.24, 2.45) is 11.8 Å². The summed E-state index contributed by atoms with van der Waals surface area (Å²) in [6.07, 6.45) is 4.45. The Bertz CT molecular complexity index is 286. The summed E-state index contributed by atoms with van der Waals surface area (Å²) in [7, 11) is 2.03. The van der Waals surface area contributed by atoms with Crippen molar-refractivity contribution in [1.82, 2.24) is 9.88 Å². The molecule has 1 unspecified atom stereocenters. The van der Waals surface area contributed by atoms with Gasteiger partial charge in [-0.25, -0.2) is 0 Å². The summed E-state index contributed by atoms with van der Waals surface area (Å²) < 4.78 is 2.28. The third-order valence-electron chi connectivity index (χ3n) is 2.69. The molecule has 0 saturated carbocycles. The molecule has 1 aromatic heterocycles. The van der Waals surface area contributed by atoms with Gasteiger partial charge in [-0.1, -0.05) is 27.7 Å². The van der Waals surface area contributed by atoms with Crippen molar-refractivity contribution in [3.05, 3.63) is 24.0 Å². The molecule has 0 aromatic carbocycles. The Balaban J connectivity index is 2.73. The molecule has 1 N–H and O–H groups in total. The van der Waals surface area contributed by atoms with E-state index in [0.717, 1.165) is 6.54 Å². The second-order valence-electron chi connectivity index (χ2n) is 5.05. The van der Waals surface area contributed by atoms with Crippen LogP contribution in [0.2, 0.25) is 0 Å². The van der Waals surface area contributed by atoms with Gasteiger partial charge in [-0.15, -0.1) is 0 Å². The average Bonchev–Trinajstić information content (AvgIpc) is 2.52. The van der Waals surface area contributed by atoms with Gasteiger partial charge in [0.2, 0.25) is 0 Å². The molecule has 1 rings (SSSR count). The molecule has 2 nitrogen and oxygen atoms in total. The molecular weight excluding hydrogens is 184 g/mol. The topological polar surface area (TPSA) is 17.0 Å². The van der Waals surface area contributed by atoms with Gasteiger partial charge in [0.15, 0.2) is 0 Å². The molecule has 2 heteroatoms. The Hall–Kier alpha value is -0.760. The van der Waals surface area contributed by atoms with Crippen LogP contribution in [0, 0.1) is 11.8 Å². The molecule has 0 saturated heterocycles. The van der Waals surface area contributed by atoms with E-state index in [1.165, 1.54) is 5.56 Å². The number of hydrogen-bond donors (Lipinski definition) is 1. The van der Waals surface area contributed by atoms with Crippen LogP contribution < -0.4 is 5.32 Å². The van der Waals surface area contributed by atoms with Gasteiger partial charge in [0.1, 0.15) is 0 Å². The zero-order chi connectivity index (χ0) is 11.4. The van der Waals surface area contributed by atoms with Gasteiger partial charge < -0.3 is 9.88 Å². The number of hydrogen-bond acceptors (Lipinski definition) is 1. The van der Waals surface area contributed by atoms with Gasteiger partial charge in [-0.05, 0) is 30.5 Å². The maximum atomic E-state index is 3.37. The quantitative estimate of drug-likeness (QED) is 0.787. The van der Waals surface area contributed by atoms with E-state index in [0.29, 0.717) is 17.9 Å². The molecule has 86 valence electrons. The molecule has 0 amide bonds. The van der Waals surface area contributed by atoms with E-state index in [1.54, 1.807) is 0 Å². The SMILES string of the molecule is CNC(c1ccn(CC(C)C)c1)C(C)C. The van der Waals surface area contributed by atoms with Crippen molar-refractivity contribution in [3.8, 4) is 0 Å². The summed E-state index contributed by atoms with van der Waals surface area (Å²) >= 11 is 0. The van der Waals surface area contributed by atoms with Crippen LogP contribution in [0.1, 0.15) is 39.3 Å². The molecule has 0 radical (unpaired) electrons. The Kier molecular flexibility index (Phi) is 4.40. The Morgan fingerprint density at radius 3 is 2.40 bits per heavy atom. The fraction of sp³-hybridized carbons (Fsp3) is 0.692. The van der Waals surface area contributed by atoms with E-state index in [9.17, 15) is 0 Å². The molecular formula is C13H24N2. The van der Waals surface area contributed by atoms with Gasteiger partial charge in [-0.3, -0.25) is 0 Å². The molecule has 0 aliphatic heterocycles. The summed E-state index contributed by atoms with van der Waals surface area (Å²) in [4.78, 5) is 0. The number of rotatable bonds is 5. The molecule has 1 atom stereocenters. The van der Waals surface area contributed by atoms with Crippen molar-refractivity contribution < 1.29 is 0 Å². The highest BCUT2D eigenvalue weighted by Gasteiger charge is 2.14. The molecule has 1 aromatic rings. The van der Waals surface area contributed by atoms with E-state index in [2.05, 4.69) is 56.0 Å². The lowest BCUT2D eigenvalue weighted by molar-refractivity contribution is 0.441. The lowest BCUT2D eigenvalue weighted by Gasteiger charge is -2.18. The van der Waals surface area contributed by atoms with Gasteiger partial charge in [0.05, 0.1) is 0 Å². The van der Waals surface area contributed by atoms with Crippen LogP contribution in [0.5, 0.6) is 0 Å². The zero-order valence-electron chi connectivity index (χ0n) is 10.6. The standard InChI is InChI=1S/C13H24N2/c1-10(2)8-15-7-6-12(9-15)13(14-5)11(3)4/h6-7,9-11,13-14H,8H2,1-5H3. The first-order chi connectivity index (χ1) is 7.04. The summed E-state index contributed by atoms with van der Waals surface area (Å²) in [6.45, 7) is 10.1. The molecule has 0 aliphatic carbocycles. The Morgan fingerprint density at radius 1 is 1.27 bits per heavy atom. The van der Waals surface area contributed by atoms with Crippen molar-refractivity contribution >= 4 is 0 Å². The first kappa shape index (κ1) is 12.3. The Morgan fingerprint density at radius 2 is 1.93 bits per heavy atom. The predicted octanol–water partition coefficient (Wildman–Crippen LogP) is 3.06. The monoisotopic (exact) mass is 208 g/mol. The highest BCUT2D eigenvalue weighted by Crippen LogP contribution is 2.21. The minimum atomic E-state index is 0.471. The van der Waals surface area contributed by atoms with Crippen LogP contribution >= 0.6 is 0 Å². The van der Waals surface area contributed by atoms with Crippen LogP contribution in [0.3, 0.4) is 0 Å². The van der Waals surface area contributed by atoms with Gasteiger partial charge >= 0.3 is 0 Å². The van der Waals surface area contributed by atoms with Gasteiger partial charge in [-0.2, -0.15) is 0 Å². The normalized spacial score (nSPS) is 13.8. The highest BCUT2D eigenvalue weighted by atomic mass is 15.0. The summed E-state index contributed by atoms with van der Waals surface area (Å²) in [5.41, 5.74) is 1.40. The minimum absolute atomic E-state index is 0.471. The fourth-order valence-corrected chi connectivity index (χ4v) is 2.06. The third kappa shape index (κ3) is 3.38. The number of nitrogens with one attached hydrogen (secondary N) is 1. The molecule has 0 fully saturated rings.